The number of fused-ring (bicyclic) bond motifs is 2. The van der Waals surface area contributed by atoms with Crippen molar-refractivity contribution in [2.75, 3.05) is 13.6 Å². The summed E-state index contributed by atoms with van der Waals surface area (Å²) in [5.74, 6) is -0.0205. The molecule has 1 amide bonds. The molecule has 0 fully saturated rings. The topological polar surface area (TPSA) is 91.7 Å². The zero-order valence-corrected chi connectivity index (χ0v) is 16.9. The first kappa shape index (κ1) is 18.6. The van der Waals surface area contributed by atoms with Crippen LogP contribution in [-0.4, -0.2) is 43.6 Å². The smallest absolute Gasteiger partial charge is 0.263 e. The van der Waals surface area contributed by atoms with Crippen LogP contribution in [0.2, 0.25) is 0 Å². The molecule has 1 atom stereocenters. The fourth-order valence-electron chi connectivity index (χ4n) is 2.96. The lowest BCUT2D eigenvalue weighted by molar-refractivity contribution is -0.130. The summed E-state index contributed by atoms with van der Waals surface area (Å²) in [5, 5.41) is 0.844. The first-order chi connectivity index (χ1) is 13.4. The summed E-state index contributed by atoms with van der Waals surface area (Å²) in [6.45, 7) is 1.76. The summed E-state index contributed by atoms with van der Waals surface area (Å²) >= 11 is 1.55. The Morgan fingerprint density at radius 1 is 1.21 bits per heavy atom. The Morgan fingerprint density at radius 2 is 1.93 bits per heavy atom. The van der Waals surface area contributed by atoms with Gasteiger partial charge in [0.1, 0.15) is 17.4 Å². The van der Waals surface area contributed by atoms with Crippen LogP contribution in [0.4, 0.5) is 0 Å². The van der Waals surface area contributed by atoms with Gasteiger partial charge in [0.2, 0.25) is 5.91 Å². The minimum absolute atomic E-state index is 0.155. The van der Waals surface area contributed by atoms with E-state index < -0.39 is 10.0 Å². The van der Waals surface area contributed by atoms with Crippen molar-refractivity contribution in [2.24, 2.45) is 4.99 Å². The molecule has 2 heterocycles. The average molecular weight is 415 g/mol. The van der Waals surface area contributed by atoms with E-state index in [9.17, 15) is 13.2 Å². The zero-order valence-electron chi connectivity index (χ0n) is 15.3. The van der Waals surface area contributed by atoms with Gasteiger partial charge in [-0.2, -0.15) is 0 Å². The molecule has 144 valence electrons. The van der Waals surface area contributed by atoms with Gasteiger partial charge < -0.3 is 4.90 Å². The molecule has 1 N–H and O–H groups in total. The van der Waals surface area contributed by atoms with Gasteiger partial charge in [0.15, 0.2) is 0 Å². The number of amidine groups is 1. The first-order valence-electron chi connectivity index (χ1n) is 8.64. The van der Waals surface area contributed by atoms with Crippen molar-refractivity contribution in [3.63, 3.8) is 0 Å². The molecule has 4 rings (SSSR count). The van der Waals surface area contributed by atoms with Gasteiger partial charge in [0.25, 0.3) is 10.0 Å². The molecule has 0 aliphatic carbocycles. The highest BCUT2D eigenvalue weighted by molar-refractivity contribution is 7.90. The highest BCUT2D eigenvalue weighted by Gasteiger charge is 2.30. The third kappa shape index (κ3) is 3.27. The molecule has 0 spiro atoms. The zero-order chi connectivity index (χ0) is 19.9. The summed E-state index contributed by atoms with van der Waals surface area (Å²) < 4.78 is 27.7. The Kier molecular flexibility index (Phi) is 4.64. The molecular weight excluding hydrogens is 396 g/mol. The van der Waals surface area contributed by atoms with Gasteiger partial charge in [-0.15, -0.1) is 11.3 Å². The minimum atomic E-state index is -3.61. The molecule has 0 saturated heterocycles. The lowest BCUT2D eigenvalue weighted by Gasteiger charge is -2.22. The van der Waals surface area contributed by atoms with Crippen LogP contribution in [0.5, 0.6) is 0 Å². The molecular formula is C19H18N4O3S2. The number of carbonyl (C=O) groups excluding carboxylic acids is 1. The molecule has 9 heteroatoms. The lowest BCUT2D eigenvalue weighted by atomic mass is 10.2. The molecule has 1 aliphatic heterocycles. The van der Waals surface area contributed by atoms with Crippen LogP contribution in [0.1, 0.15) is 23.5 Å². The summed E-state index contributed by atoms with van der Waals surface area (Å²) in [6.07, 6.45) is 0. The van der Waals surface area contributed by atoms with Gasteiger partial charge in [0, 0.05) is 12.6 Å². The summed E-state index contributed by atoms with van der Waals surface area (Å²) in [7, 11) is -1.91. The number of benzene rings is 2. The van der Waals surface area contributed by atoms with Gasteiger partial charge in [-0.1, -0.05) is 24.3 Å². The number of hydrogen-bond donors (Lipinski definition) is 1. The number of sulfonamides is 1. The van der Waals surface area contributed by atoms with Gasteiger partial charge in [-0.25, -0.2) is 13.4 Å². The Labute approximate surface area is 166 Å². The van der Waals surface area contributed by atoms with Crippen LogP contribution in [0.25, 0.3) is 10.2 Å². The normalized spacial score (nSPS) is 17.3. The van der Waals surface area contributed by atoms with Crippen LogP contribution in [0.15, 0.2) is 58.4 Å². The van der Waals surface area contributed by atoms with Gasteiger partial charge in [-0.3, -0.25) is 14.5 Å². The van der Waals surface area contributed by atoms with Gasteiger partial charge >= 0.3 is 0 Å². The highest BCUT2D eigenvalue weighted by Crippen LogP contribution is 2.29. The standard InChI is InChI=1S/C19H18N4O3S2/c1-12(19-21-14-8-4-5-9-15(14)27-19)23(2)17(24)11-20-18-13-7-3-6-10-16(13)28(25,26)22-18/h3-10,12H,11H2,1-2H3,(H,20,22). The Bertz CT molecular complexity index is 1170. The quantitative estimate of drug-likeness (QED) is 0.710. The fraction of sp³-hybridized carbons (Fsp3) is 0.211. The Hall–Kier alpha value is -2.78. The number of aromatic nitrogens is 1. The number of likely N-dealkylation sites (N-methyl/N-ethyl adjacent to an activating group) is 1. The molecule has 7 nitrogen and oxygen atoms in total. The summed E-state index contributed by atoms with van der Waals surface area (Å²) in [6, 6.07) is 14.2. The summed E-state index contributed by atoms with van der Waals surface area (Å²) in [5.41, 5.74) is 1.39. The van der Waals surface area contributed by atoms with Crippen molar-refractivity contribution in [3.05, 3.63) is 59.1 Å². The third-order valence-corrected chi connectivity index (χ3v) is 7.28. The van der Waals surface area contributed by atoms with Crippen molar-refractivity contribution in [3.8, 4) is 0 Å². The van der Waals surface area contributed by atoms with E-state index in [1.807, 2.05) is 31.2 Å². The second-order valence-electron chi connectivity index (χ2n) is 6.47. The number of rotatable bonds is 4. The number of amides is 1. The molecule has 0 radical (unpaired) electrons. The lowest BCUT2D eigenvalue weighted by Crippen LogP contribution is -2.32. The maximum atomic E-state index is 12.6. The molecule has 0 saturated carbocycles. The van der Waals surface area contributed by atoms with Crippen molar-refractivity contribution < 1.29 is 13.2 Å². The van der Waals surface area contributed by atoms with Crippen LogP contribution in [0, 0.1) is 0 Å². The summed E-state index contributed by atoms with van der Waals surface area (Å²) in [4.78, 5) is 23.2. The second-order valence-corrected chi connectivity index (χ2v) is 9.18. The fourth-order valence-corrected chi connectivity index (χ4v) is 5.27. The van der Waals surface area contributed by atoms with E-state index in [1.54, 1.807) is 41.5 Å². The van der Waals surface area contributed by atoms with Crippen LogP contribution >= 0.6 is 11.3 Å². The first-order valence-corrected chi connectivity index (χ1v) is 10.9. The van der Waals surface area contributed by atoms with Crippen LogP contribution < -0.4 is 4.72 Å². The van der Waals surface area contributed by atoms with Gasteiger partial charge in [-0.05, 0) is 31.2 Å². The third-order valence-electron chi connectivity index (χ3n) is 4.68. The van der Waals surface area contributed by atoms with E-state index in [2.05, 4.69) is 14.7 Å². The number of nitrogens with zero attached hydrogens (tertiary/aromatic N) is 3. The molecule has 1 aliphatic rings. The molecule has 0 bridgehead atoms. The van der Waals surface area contributed by atoms with Crippen molar-refractivity contribution in [2.45, 2.75) is 17.9 Å². The molecule has 28 heavy (non-hydrogen) atoms. The monoisotopic (exact) mass is 414 g/mol. The Balaban J connectivity index is 1.51. The van der Waals surface area contributed by atoms with E-state index in [4.69, 9.17) is 0 Å². The maximum absolute atomic E-state index is 12.6. The van der Waals surface area contributed by atoms with Crippen molar-refractivity contribution in [1.82, 2.24) is 14.6 Å². The largest absolute Gasteiger partial charge is 0.335 e. The molecule has 1 aromatic heterocycles. The van der Waals surface area contributed by atoms with Crippen LogP contribution in [0.3, 0.4) is 0 Å². The van der Waals surface area contributed by atoms with E-state index >= 15 is 0 Å². The van der Waals surface area contributed by atoms with Gasteiger partial charge in [0.05, 0.1) is 21.2 Å². The maximum Gasteiger partial charge on any atom is 0.263 e. The molecule has 1 unspecified atom stereocenters. The van der Waals surface area contributed by atoms with Crippen LogP contribution in [-0.2, 0) is 14.8 Å². The predicted molar refractivity (Wildman–Crippen MR) is 109 cm³/mol. The SMILES string of the molecule is CC(c1nc2ccccc2s1)N(C)C(=O)CN=C1NS(=O)(=O)c2ccccc21. The number of carbonyl (C=O) groups is 1. The highest BCUT2D eigenvalue weighted by atomic mass is 32.2. The number of para-hydroxylation sites is 1. The van der Waals surface area contributed by atoms with Crippen molar-refractivity contribution >= 4 is 43.3 Å². The number of thiazole rings is 1. The number of nitrogens with one attached hydrogen (secondary N) is 1. The predicted octanol–water partition coefficient (Wildman–Crippen LogP) is 2.55. The van der Waals surface area contributed by atoms with E-state index in [-0.39, 0.29) is 29.2 Å². The number of aliphatic imine (C=N–C) groups is 1. The average Bonchev–Trinajstić information content (AvgIpc) is 3.24. The van der Waals surface area contributed by atoms with Crippen molar-refractivity contribution in [1.29, 1.82) is 0 Å². The van der Waals surface area contributed by atoms with E-state index in [0.717, 1.165) is 15.2 Å². The Morgan fingerprint density at radius 3 is 2.71 bits per heavy atom. The molecule has 2 aromatic carbocycles. The van der Waals surface area contributed by atoms with E-state index in [0.29, 0.717) is 5.56 Å². The number of hydrogen-bond acceptors (Lipinski definition) is 6. The minimum Gasteiger partial charge on any atom is -0.335 e. The second kappa shape index (κ2) is 6.99. The molecule has 3 aromatic rings. The van der Waals surface area contributed by atoms with E-state index in [1.165, 1.54) is 6.07 Å².